The Morgan fingerprint density at radius 2 is 1.64 bits per heavy atom. The Kier molecular flexibility index (Phi) is 3.48. The third-order valence-electron chi connectivity index (χ3n) is 1.14. The summed E-state index contributed by atoms with van der Waals surface area (Å²) in [5.74, 6) is 0. The van der Waals surface area contributed by atoms with E-state index < -0.39 is 5.60 Å². The molecule has 0 heterocycles. The lowest BCUT2D eigenvalue weighted by Crippen LogP contribution is -2.46. The fraction of sp³-hybridized carbons (Fsp3) is 1.00. The first-order valence-corrected chi connectivity index (χ1v) is 3.93. The highest BCUT2D eigenvalue weighted by atomic mass is 16.3. The average molecular weight is 160 g/mol. The van der Waals surface area contributed by atoms with Crippen LogP contribution in [0, 0.1) is 0 Å². The molecule has 0 saturated heterocycles. The van der Waals surface area contributed by atoms with E-state index >= 15 is 0 Å². The van der Waals surface area contributed by atoms with Crippen LogP contribution in [0.5, 0.6) is 0 Å². The fourth-order valence-electron chi connectivity index (χ4n) is 0.691. The lowest BCUT2D eigenvalue weighted by molar-refractivity contribution is 0.0787. The average Bonchev–Trinajstić information content (AvgIpc) is 1.55. The third-order valence-corrected chi connectivity index (χ3v) is 1.14. The Morgan fingerprint density at radius 1 is 1.18 bits per heavy atom. The van der Waals surface area contributed by atoms with E-state index in [1.54, 1.807) is 13.8 Å². The van der Waals surface area contributed by atoms with E-state index in [0.717, 1.165) is 6.54 Å². The van der Waals surface area contributed by atoms with E-state index in [4.69, 9.17) is 5.73 Å². The maximum absolute atomic E-state index is 9.31. The molecular formula is C8H20N2O. The van der Waals surface area contributed by atoms with Crippen molar-refractivity contribution in [3.63, 3.8) is 0 Å². The zero-order valence-corrected chi connectivity index (χ0v) is 7.94. The second-order valence-corrected chi connectivity index (χ2v) is 4.40. The molecule has 0 unspecified atom stereocenters. The molecule has 0 saturated carbocycles. The minimum absolute atomic E-state index is 0.203. The van der Waals surface area contributed by atoms with Gasteiger partial charge in [0, 0.05) is 18.6 Å². The van der Waals surface area contributed by atoms with E-state index in [9.17, 15) is 5.11 Å². The van der Waals surface area contributed by atoms with Gasteiger partial charge in [0.2, 0.25) is 0 Å². The predicted octanol–water partition coefficient (Wildman–Crippen LogP) is 0.0842. The molecule has 4 N–H and O–H groups in total. The molecule has 0 amide bonds. The van der Waals surface area contributed by atoms with Crippen LogP contribution in [-0.2, 0) is 0 Å². The van der Waals surface area contributed by atoms with Crippen molar-refractivity contribution in [2.24, 2.45) is 5.73 Å². The maximum atomic E-state index is 9.31. The van der Waals surface area contributed by atoms with Crippen LogP contribution in [0.1, 0.15) is 27.7 Å². The van der Waals surface area contributed by atoms with Gasteiger partial charge in [0.05, 0.1) is 5.60 Å². The lowest BCUT2D eigenvalue weighted by atomic mass is 10.1. The largest absolute Gasteiger partial charge is 0.389 e. The first-order chi connectivity index (χ1) is 4.71. The Morgan fingerprint density at radius 3 is 1.91 bits per heavy atom. The summed E-state index contributed by atoms with van der Waals surface area (Å²) >= 11 is 0. The fourth-order valence-corrected chi connectivity index (χ4v) is 0.691. The number of hydrogen-bond acceptors (Lipinski definition) is 3. The van der Waals surface area contributed by atoms with Crippen LogP contribution >= 0.6 is 0 Å². The molecule has 0 rings (SSSR count). The van der Waals surface area contributed by atoms with E-state index in [-0.39, 0.29) is 5.54 Å². The molecule has 0 atom stereocenters. The van der Waals surface area contributed by atoms with Gasteiger partial charge in [-0.25, -0.2) is 0 Å². The molecule has 0 aliphatic rings. The number of nitrogens with one attached hydrogen (secondary N) is 1. The molecule has 68 valence electrons. The monoisotopic (exact) mass is 160 g/mol. The van der Waals surface area contributed by atoms with Gasteiger partial charge in [0.25, 0.3) is 0 Å². The molecule has 0 aromatic heterocycles. The van der Waals surface area contributed by atoms with E-state index in [1.807, 2.05) is 13.8 Å². The summed E-state index contributed by atoms with van der Waals surface area (Å²) in [7, 11) is 0. The van der Waals surface area contributed by atoms with Crippen molar-refractivity contribution in [1.82, 2.24) is 5.32 Å². The van der Waals surface area contributed by atoms with Crippen molar-refractivity contribution in [1.29, 1.82) is 0 Å². The Hall–Kier alpha value is -0.120. The number of nitrogens with two attached hydrogens (primary N) is 1. The molecule has 0 spiro atoms. The Labute approximate surface area is 69.0 Å². The first-order valence-electron chi connectivity index (χ1n) is 3.93. The van der Waals surface area contributed by atoms with Crippen molar-refractivity contribution in [3.05, 3.63) is 0 Å². The van der Waals surface area contributed by atoms with Gasteiger partial charge < -0.3 is 16.2 Å². The van der Waals surface area contributed by atoms with Gasteiger partial charge in [-0.1, -0.05) is 0 Å². The van der Waals surface area contributed by atoms with Crippen molar-refractivity contribution in [2.75, 3.05) is 13.1 Å². The lowest BCUT2D eigenvalue weighted by Gasteiger charge is -2.23. The van der Waals surface area contributed by atoms with Gasteiger partial charge in [0.15, 0.2) is 0 Å². The molecule has 0 aromatic rings. The van der Waals surface area contributed by atoms with E-state index in [2.05, 4.69) is 5.32 Å². The van der Waals surface area contributed by atoms with Crippen LogP contribution in [0.15, 0.2) is 0 Å². The minimum Gasteiger partial charge on any atom is -0.389 e. The molecule has 0 fully saturated rings. The SMILES string of the molecule is CC(C)(N)CNCC(C)(C)O. The molecule has 3 nitrogen and oxygen atoms in total. The molecule has 3 heteroatoms. The molecule has 0 radical (unpaired) electrons. The Balaban J connectivity index is 3.44. The zero-order valence-electron chi connectivity index (χ0n) is 7.94. The topological polar surface area (TPSA) is 58.3 Å². The smallest absolute Gasteiger partial charge is 0.0715 e. The first kappa shape index (κ1) is 10.9. The molecule has 0 aromatic carbocycles. The van der Waals surface area contributed by atoms with Crippen LogP contribution in [0.2, 0.25) is 0 Å². The highest BCUT2D eigenvalue weighted by Gasteiger charge is 2.14. The van der Waals surface area contributed by atoms with Crippen molar-refractivity contribution < 1.29 is 5.11 Å². The van der Waals surface area contributed by atoms with Crippen LogP contribution in [0.3, 0.4) is 0 Å². The van der Waals surface area contributed by atoms with E-state index in [1.165, 1.54) is 0 Å². The number of hydrogen-bond donors (Lipinski definition) is 3. The van der Waals surface area contributed by atoms with Gasteiger partial charge >= 0.3 is 0 Å². The summed E-state index contributed by atoms with van der Waals surface area (Å²) in [5.41, 5.74) is 4.87. The molecule has 0 bridgehead atoms. The summed E-state index contributed by atoms with van der Waals surface area (Å²) in [6.45, 7) is 8.73. The van der Waals surface area contributed by atoms with Crippen molar-refractivity contribution in [3.8, 4) is 0 Å². The quantitative estimate of drug-likeness (QED) is 0.546. The van der Waals surface area contributed by atoms with Crippen LogP contribution < -0.4 is 11.1 Å². The van der Waals surface area contributed by atoms with Crippen LogP contribution in [0.4, 0.5) is 0 Å². The zero-order chi connectivity index (χ0) is 9.12. The molecule has 11 heavy (non-hydrogen) atoms. The number of aliphatic hydroxyl groups is 1. The van der Waals surface area contributed by atoms with Gasteiger partial charge in [-0.05, 0) is 27.7 Å². The summed E-state index contributed by atoms with van der Waals surface area (Å²) in [5, 5.41) is 12.4. The summed E-state index contributed by atoms with van der Waals surface area (Å²) in [6, 6.07) is 0. The van der Waals surface area contributed by atoms with Gasteiger partial charge in [-0.3, -0.25) is 0 Å². The normalized spacial score (nSPS) is 13.6. The third kappa shape index (κ3) is 9.88. The summed E-state index contributed by atoms with van der Waals surface area (Å²) < 4.78 is 0. The predicted molar refractivity (Wildman–Crippen MR) is 47.4 cm³/mol. The van der Waals surface area contributed by atoms with Gasteiger partial charge in [-0.15, -0.1) is 0 Å². The summed E-state index contributed by atoms with van der Waals surface area (Å²) in [4.78, 5) is 0. The van der Waals surface area contributed by atoms with Crippen molar-refractivity contribution >= 4 is 0 Å². The second-order valence-electron chi connectivity index (χ2n) is 4.40. The summed E-state index contributed by atoms with van der Waals surface area (Å²) in [6.07, 6.45) is 0. The maximum Gasteiger partial charge on any atom is 0.0715 e. The highest BCUT2D eigenvalue weighted by Crippen LogP contribution is 1.99. The van der Waals surface area contributed by atoms with Crippen LogP contribution in [0.25, 0.3) is 0 Å². The van der Waals surface area contributed by atoms with Crippen LogP contribution in [-0.4, -0.2) is 29.3 Å². The standard InChI is InChI=1S/C8H20N2O/c1-7(2,9)5-10-6-8(3,4)11/h10-11H,5-6,9H2,1-4H3. The highest BCUT2D eigenvalue weighted by molar-refractivity contribution is 4.77. The molecule has 0 aliphatic carbocycles. The van der Waals surface area contributed by atoms with Gasteiger partial charge in [-0.2, -0.15) is 0 Å². The van der Waals surface area contributed by atoms with Crippen molar-refractivity contribution in [2.45, 2.75) is 38.8 Å². The number of rotatable bonds is 4. The second kappa shape index (κ2) is 3.52. The Bertz CT molecular complexity index is 96.2. The molecule has 0 aliphatic heterocycles. The minimum atomic E-state index is -0.648. The van der Waals surface area contributed by atoms with Gasteiger partial charge in [0.1, 0.15) is 0 Å². The van der Waals surface area contributed by atoms with E-state index in [0.29, 0.717) is 6.54 Å². The molecular weight excluding hydrogens is 140 g/mol.